The minimum absolute atomic E-state index is 0.727. The molecule has 16 heavy (non-hydrogen) atoms. The molecule has 0 bridgehead atoms. The van der Waals surface area contributed by atoms with Crippen LogP contribution < -0.4 is 0 Å². The summed E-state index contributed by atoms with van der Waals surface area (Å²) in [6.07, 6.45) is 2.35. The maximum Gasteiger partial charge on any atom is 0.0130 e. The zero-order chi connectivity index (χ0) is 11.2. The third kappa shape index (κ3) is 3.35. The van der Waals surface area contributed by atoms with Gasteiger partial charge >= 0.3 is 0 Å². The molecule has 0 N–H and O–H groups in total. The van der Waals surface area contributed by atoms with Crippen molar-refractivity contribution < 1.29 is 0 Å². The predicted molar refractivity (Wildman–Crippen MR) is 72.6 cm³/mol. The average Bonchev–Trinajstić information content (AvgIpc) is 2.31. The summed E-state index contributed by atoms with van der Waals surface area (Å²) in [6, 6.07) is 21.5. The van der Waals surface area contributed by atoms with Crippen LogP contribution >= 0.6 is 0 Å². The molecule has 0 nitrogen and oxygen atoms in total. The fourth-order valence-corrected chi connectivity index (χ4v) is 2.63. The highest BCUT2D eigenvalue weighted by atomic mass is 28.1. The lowest BCUT2D eigenvalue weighted by molar-refractivity contribution is 0.816. The highest BCUT2D eigenvalue weighted by Crippen LogP contribution is 2.16. The summed E-state index contributed by atoms with van der Waals surface area (Å²) < 4.78 is 0. The van der Waals surface area contributed by atoms with Crippen molar-refractivity contribution in [2.75, 3.05) is 0 Å². The van der Waals surface area contributed by atoms with Gasteiger partial charge in [0.15, 0.2) is 0 Å². The van der Waals surface area contributed by atoms with Crippen molar-refractivity contribution >= 4 is 10.2 Å². The van der Waals surface area contributed by atoms with Crippen molar-refractivity contribution in [1.29, 1.82) is 0 Å². The molecule has 0 heterocycles. The molecule has 0 saturated heterocycles. The van der Waals surface area contributed by atoms with Gasteiger partial charge in [0.05, 0.1) is 0 Å². The maximum absolute atomic E-state index is 2.21. The standard InChI is InChI=1S/C15H17Si/c16-15(11-13-7-3-1-4-8-13)12-14-9-5-2-6-10-14/h1-10,15H,11-12,16H2. The van der Waals surface area contributed by atoms with Gasteiger partial charge in [0.2, 0.25) is 0 Å². The summed E-state index contributed by atoms with van der Waals surface area (Å²) in [5.74, 6) is 0. The van der Waals surface area contributed by atoms with E-state index in [2.05, 4.69) is 70.9 Å². The third-order valence-electron chi connectivity index (χ3n) is 2.73. The first kappa shape index (κ1) is 11.2. The van der Waals surface area contributed by atoms with Crippen LogP contribution in [0.25, 0.3) is 0 Å². The third-order valence-corrected chi connectivity index (χ3v) is 3.31. The fraction of sp³-hybridized carbons (Fsp3) is 0.200. The number of rotatable bonds is 4. The van der Waals surface area contributed by atoms with Crippen LogP contribution in [0.5, 0.6) is 0 Å². The van der Waals surface area contributed by atoms with Crippen LogP contribution in [0.4, 0.5) is 0 Å². The number of hydrogen-bond donors (Lipinski definition) is 0. The molecule has 0 aliphatic carbocycles. The Morgan fingerprint density at radius 1 is 0.688 bits per heavy atom. The SMILES string of the molecule is [SiH2]C(Cc1ccccc1)Cc1ccccc1. The minimum Gasteiger partial charge on any atom is -0.0622 e. The fourth-order valence-electron chi connectivity index (χ4n) is 1.97. The molecule has 0 saturated carbocycles. The molecule has 2 rings (SSSR count). The molecule has 0 unspecified atom stereocenters. The van der Waals surface area contributed by atoms with E-state index in [1.165, 1.54) is 24.0 Å². The van der Waals surface area contributed by atoms with E-state index in [0.29, 0.717) is 0 Å². The summed E-state index contributed by atoms with van der Waals surface area (Å²) in [4.78, 5) is 0. The lowest BCUT2D eigenvalue weighted by atomic mass is 10.0. The number of hydrogen-bond acceptors (Lipinski definition) is 0. The van der Waals surface area contributed by atoms with Crippen molar-refractivity contribution in [3.8, 4) is 0 Å². The molecule has 81 valence electrons. The van der Waals surface area contributed by atoms with Crippen LogP contribution in [0, 0.1) is 0 Å². The van der Waals surface area contributed by atoms with Gasteiger partial charge in [-0.1, -0.05) is 60.7 Å². The highest BCUT2D eigenvalue weighted by molar-refractivity contribution is 6.11. The van der Waals surface area contributed by atoms with E-state index in [0.717, 1.165) is 5.54 Å². The monoisotopic (exact) mass is 225 g/mol. The first-order chi connectivity index (χ1) is 7.84. The van der Waals surface area contributed by atoms with Gasteiger partial charge in [-0.2, -0.15) is 0 Å². The largest absolute Gasteiger partial charge is 0.0622 e. The lowest BCUT2D eigenvalue weighted by Gasteiger charge is -2.11. The lowest BCUT2D eigenvalue weighted by Crippen LogP contribution is -2.01. The van der Waals surface area contributed by atoms with Crippen LogP contribution in [-0.4, -0.2) is 10.2 Å². The van der Waals surface area contributed by atoms with Crippen LogP contribution in [-0.2, 0) is 12.8 Å². The second kappa shape index (κ2) is 5.66. The summed E-state index contributed by atoms with van der Waals surface area (Å²) in [5, 5.41) is 0. The van der Waals surface area contributed by atoms with E-state index in [1.807, 2.05) is 0 Å². The molecule has 0 aliphatic heterocycles. The zero-order valence-corrected chi connectivity index (χ0v) is 10.9. The van der Waals surface area contributed by atoms with Gasteiger partial charge in [0.25, 0.3) is 0 Å². The van der Waals surface area contributed by atoms with Crippen LogP contribution in [0.2, 0.25) is 5.54 Å². The van der Waals surface area contributed by atoms with Gasteiger partial charge in [-0.25, -0.2) is 0 Å². The van der Waals surface area contributed by atoms with E-state index in [-0.39, 0.29) is 0 Å². The summed E-state index contributed by atoms with van der Waals surface area (Å²) in [7, 11) is 2.11. The van der Waals surface area contributed by atoms with E-state index in [9.17, 15) is 0 Å². The van der Waals surface area contributed by atoms with Gasteiger partial charge in [-0.05, 0) is 29.5 Å². The zero-order valence-electron chi connectivity index (χ0n) is 9.47. The predicted octanol–water partition coefficient (Wildman–Crippen LogP) is 2.89. The Morgan fingerprint density at radius 2 is 1.06 bits per heavy atom. The smallest absolute Gasteiger partial charge is 0.0130 e. The Balaban J connectivity index is 1.92. The van der Waals surface area contributed by atoms with E-state index in [1.54, 1.807) is 0 Å². The average molecular weight is 225 g/mol. The Bertz CT molecular complexity index is 366. The van der Waals surface area contributed by atoms with Crippen LogP contribution in [0.1, 0.15) is 11.1 Å². The molecule has 0 atom stereocenters. The van der Waals surface area contributed by atoms with Gasteiger partial charge < -0.3 is 0 Å². The van der Waals surface area contributed by atoms with Crippen molar-refractivity contribution in [2.24, 2.45) is 0 Å². The topological polar surface area (TPSA) is 0 Å². The Labute approximate surface area is 101 Å². The highest BCUT2D eigenvalue weighted by Gasteiger charge is 2.04. The molecule has 0 aromatic heterocycles. The van der Waals surface area contributed by atoms with Gasteiger partial charge in [-0.3, -0.25) is 0 Å². The summed E-state index contributed by atoms with van der Waals surface area (Å²) >= 11 is 0. The van der Waals surface area contributed by atoms with Gasteiger partial charge in [0, 0.05) is 10.2 Å². The van der Waals surface area contributed by atoms with Crippen molar-refractivity contribution in [3.63, 3.8) is 0 Å². The second-order valence-electron chi connectivity index (χ2n) is 4.25. The molecule has 0 fully saturated rings. The van der Waals surface area contributed by atoms with Gasteiger partial charge in [0.1, 0.15) is 0 Å². The summed E-state index contributed by atoms with van der Waals surface area (Å²) in [6.45, 7) is 0. The van der Waals surface area contributed by atoms with Crippen molar-refractivity contribution in [2.45, 2.75) is 18.4 Å². The first-order valence-corrected chi connectivity index (χ1v) is 6.57. The van der Waals surface area contributed by atoms with E-state index >= 15 is 0 Å². The van der Waals surface area contributed by atoms with Crippen molar-refractivity contribution in [3.05, 3.63) is 71.8 Å². The van der Waals surface area contributed by atoms with Crippen molar-refractivity contribution in [1.82, 2.24) is 0 Å². The normalized spacial score (nSPS) is 10.6. The van der Waals surface area contributed by atoms with E-state index in [4.69, 9.17) is 0 Å². The van der Waals surface area contributed by atoms with Crippen LogP contribution in [0.3, 0.4) is 0 Å². The molecule has 1 radical (unpaired) electrons. The Kier molecular flexibility index (Phi) is 3.95. The molecular formula is C15H17Si. The molecule has 0 aliphatic rings. The molecule has 1 heteroatoms. The minimum atomic E-state index is 0.727. The molecular weight excluding hydrogens is 208 g/mol. The first-order valence-electron chi connectivity index (χ1n) is 5.75. The Morgan fingerprint density at radius 3 is 1.44 bits per heavy atom. The molecule has 2 aromatic carbocycles. The van der Waals surface area contributed by atoms with E-state index < -0.39 is 0 Å². The second-order valence-corrected chi connectivity index (χ2v) is 5.40. The molecule has 0 amide bonds. The Hall–Kier alpha value is -1.34. The quantitative estimate of drug-likeness (QED) is 0.702. The maximum atomic E-state index is 2.21. The molecule has 0 spiro atoms. The van der Waals surface area contributed by atoms with Gasteiger partial charge in [-0.15, -0.1) is 0 Å². The van der Waals surface area contributed by atoms with Crippen LogP contribution in [0.15, 0.2) is 60.7 Å². The summed E-state index contributed by atoms with van der Waals surface area (Å²) in [5.41, 5.74) is 3.61. The number of benzene rings is 2. The molecule has 2 aromatic rings.